The molecule has 0 amide bonds. The Bertz CT molecular complexity index is 677. The molecule has 0 aromatic heterocycles. The van der Waals surface area contributed by atoms with Gasteiger partial charge < -0.3 is 4.74 Å². The summed E-state index contributed by atoms with van der Waals surface area (Å²) in [6.07, 6.45) is 0. The normalized spacial score (nSPS) is 9.85. The quantitative estimate of drug-likeness (QED) is 0.808. The van der Waals surface area contributed by atoms with Crippen molar-refractivity contribution in [2.75, 3.05) is 6.61 Å². The fourth-order valence-corrected chi connectivity index (χ4v) is 1.72. The molecule has 0 aliphatic rings. The van der Waals surface area contributed by atoms with E-state index in [0.717, 1.165) is 6.07 Å². The molecule has 0 saturated carbocycles. The molecule has 0 spiro atoms. The van der Waals surface area contributed by atoms with E-state index in [2.05, 4.69) is 0 Å². The zero-order chi connectivity index (χ0) is 14.5. The molecule has 0 fully saturated rings. The molecule has 0 N–H and O–H groups in total. The maximum atomic E-state index is 13.3. The van der Waals surface area contributed by atoms with Crippen LogP contribution in [0.5, 0.6) is 5.75 Å². The summed E-state index contributed by atoms with van der Waals surface area (Å²) in [5.41, 5.74) is 0.223. The molecule has 3 nitrogen and oxygen atoms in total. The maximum absolute atomic E-state index is 13.3. The zero-order valence-corrected chi connectivity index (χ0v) is 11.0. The smallest absolute Gasteiger partial charge is 0.200 e. The summed E-state index contributed by atoms with van der Waals surface area (Å²) in [5.74, 6) is -0.909. The highest BCUT2D eigenvalue weighted by atomic mass is 35.5. The molecule has 2 rings (SSSR count). The SMILES string of the molecule is N#Cc1c(F)cccc1OCC(=O)c1ccc(Cl)cc1. The lowest BCUT2D eigenvalue weighted by Crippen LogP contribution is -2.12. The Hall–Kier alpha value is -2.38. The average molecular weight is 290 g/mol. The number of ketones is 1. The van der Waals surface area contributed by atoms with Gasteiger partial charge in [0.15, 0.2) is 12.4 Å². The van der Waals surface area contributed by atoms with Crippen LogP contribution in [0.3, 0.4) is 0 Å². The van der Waals surface area contributed by atoms with Crippen molar-refractivity contribution < 1.29 is 13.9 Å². The second-order valence-electron chi connectivity index (χ2n) is 3.94. The van der Waals surface area contributed by atoms with Crippen LogP contribution >= 0.6 is 11.6 Å². The highest BCUT2D eigenvalue weighted by molar-refractivity contribution is 6.30. The summed E-state index contributed by atoms with van der Waals surface area (Å²) in [6, 6.07) is 12.1. The van der Waals surface area contributed by atoms with Crippen molar-refractivity contribution in [2.45, 2.75) is 0 Å². The molecule has 0 unspecified atom stereocenters. The van der Waals surface area contributed by atoms with Gasteiger partial charge in [0, 0.05) is 10.6 Å². The van der Waals surface area contributed by atoms with Crippen molar-refractivity contribution >= 4 is 17.4 Å². The number of hydrogen-bond donors (Lipinski definition) is 0. The van der Waals surface area contributed by atoms with E-state index >= 15 is 0 Å². The van der Waals surface area contributed by atoms with Crippen molar-refractivity contribution in [3.63, 3.8) is 0 Å². The van der Waals surface area contributed by atoms with E-state index in [4.69, 9.17) is 21.6 Å². The Balaban J connectivity index is 2.10. The van der Waals surface area contributed by atoms with Gasteiger partial charge in [-0.2, -0.15) is 5.26 Å². The number of nitriles is 1. The highest BCUT2D eigenvalue weighted by Crippen LogP contribution is 2.20. The van der Waals surface area contributed by atoms with Crippen LogP contribution in [0.1, 0.15) is 15.9 Å². The van der Waals surface area contributed by atoms with Crippen LogP contribution in [0.25, 0.3) is 0 Å². The third kappa shape index (κ3) is 3.14. The first-order valence-electron chi connectivity index (χ1n) is 5.72. The number of ether oxygens (including phenoxy) is 1. The molecular weight excluding hydrogens is 281 g/mol. The fraction of sp³-hybridized carbons (Fsp3) is 0.0667. The molecule has 5 heteroatoms. The molecule has 0 atom stereocenters. The van der Waals surface area contributed by atoms with E-state index in [-0.39, 0.29) is 23.7 Å². The van der Waals surface area contributed by atoms with E-state index in [0.29, 0.717) is 10.6 Å². The number of rotatable bonds is 4. The molecule has 100 valence electrons. The van der Waals surface area contributed by atoms with Crippen LogP contribution in [0, 0.1) is 17.1 Å². The van der Waals surface area contributed by atoms with E-state index in [1.54, 1.807) is 30.3 Å². The molecule has 0 aliphatic carbocycles. The Morgan fingerprint density at radius 2 is 1.95 bits per heavy atom. The third-order valence-corrected chi connectivity index (χ3v) is 2.86. The van der Waals surface area contributed by atoms with Gasteiger partial charge in [0.25, 0.3) is 0 Å². The van der Waals surface area contributed by atoms with Gasteiger partial charge in [-0.15, -0.1) is 0 Å². The number of Topliss-reactive ketones (excluding diaryl/α,β-unsaturated/α-hetero) is 1. The van der Waals surface area contributed by atoms with Gasteiger partial charge in [-0.25, -0.2) is 4.39 Å². The van der Waals surface area contributed by atoms with E-state index in [9.17, 15) is 9.18 Å². The average Bonchev–Trinajstić information content (AvgIpc) is 2.45. The predicted molar refractivity (Wildman–Crippen MR) is 72.4 cm³/mol. The van der Waals surface area contributed by atoms with Gasteiger partial charge in [-0.3, -0.25) is 4.79 Å². The third-order valence-electron chi connectivity index (χ3n) is 2.61. The van der Waals surface area contributed by atoms with Gasteiger partial charge in [0.2, 0.25) is 0 Å². The Morgan fingerprint density at radius 1 is 1.25 bits per heavy atom. The van der Waals surface area contributed by atoms with Crippen molar-refractivity contribution in [2.24, 2.45) is 0 Å². The summed E-state index contributed by atoms with van der Waals surface area (Å²) in [4.78, 5) is 11.9. The number of benzene rings is 2. The summed E-state index contributed by atoms with van der Waals surface area (Å²) in [7, 11) is 0. The van der Waals surface area contributed by atoms with Gasteiger partial charge in [0.05, 0.1) is 0 Å². The molecule has 0 aliphatic heterocycles. The molecule has 2 aromatic rings. The lowest BCUT2D eigenvalue weighted by molar-refractivity contribution is 0.0921. The molecule has 0 bridgehead atoms. The van der Waals surface area contributed by atoms with Gasteiger partial charge >= 0.3 is 0 Å². The molecule has 0 radical (unpaired) electrons. The van der Waals surface area contributed by atoms with Crippen LogP contribution in [0.4, 0.5) is 4.39 Å². The van der Waals surface area contributed by atoms with Crippen molar-refractivity contribution in [3.05, 3.63) is 64.4 Å². The number of halogens is 2. The van der Waals surface area contributed by atoms with Crippen molar-refractivity contribution in [1.82, 2.24) is 0 Å². The second kappa shape index (κ2) is 6.18. The number of hydrogen-bond acceptors (Lipinski definition) is 3. The van der Waals surface area contributed by atoms with Gasteiger partial charge in [0.1, 0.15) is 23.2 Å². The summed E-state index contributed by atoms with van der Waals surface area (Å²) >= 11 is 5.73. The number of carbonyl (C=O) groups excluding carboxylic acids is 1. The van der Waals surface area contributed by atoms with Crippen molar-refractivity contribution in [3.8, 4) is 11.8 Å². The van der Waals surface area contributed by atoms with Crippen LogP contribution in [0.2, 0.25) is 5.02 Å². The minimum atomic E-state index is -0.677. The summed E-state index contributed by atoms with van der Waals surface area (Å²) in [6.45, 7) is -0.278. The highest BCUT2D eigenvalue weighted by Gasteiger charge is 2.11. The van der Waals surface area contributed by atoms with Gasteiger partial charge in [-0.05, 0) is 36.4 Å². The Labute approximate surface area is 120 Å². The summed E-state index contributed by atoms with van der Waals surface area (Å²) in [5, 5.41) is 9.37. The zero-order valence-electron chi connectivity index (χ0n) is 10.3. The minimum absolute atomic E-state index is 0.0508. The molecular formula is C15H9ClFNO2. The molecule has 20 heavy (non-hydrogen) atoms. The first-order chi connectivity index (χ1) is 9.61. The molecule has 0 saturated heterocycles. The maximum Gasteiger partial charge on any atom is 0.200 e. The van der Waals surface area contributed by atoms with Crippen LogP contribution in [0.15, 0.2) is 42.5 Å². The minimum Gasteiger partial charge on any atom is -0.484 e. The lowest BCUT2D eigenvalue weighted by Gasteiger charge is -2.07. The molecule has 2 aromatic carbocycles. The van der Waals surface area contributed by atoms with Crippen LogP contribution in [-0.4, -0.2) is 12.4 Å². The first kappa shape index (κ1) is 14.0. The van der Waals surface area contributed by atoms with Gasteiger partial charge in [-0.1, -0.05) is 17.7 Å². The number of nitrogens with zero attached hydrogens (tertiary/aromatic N) is 1. The summed E-state index contributed by atoms with van der Waals surface area (Å²) < 4.78 is 18.6. The predicted octanol–water partition coefficient (Wildman–Crippen LogP) is 3.61. The number of carbonyl (C=O) groups is 1. The van der Waals surface area contributed by atoms with Crippen LogP contribution < -0.4 is 4.74 Å². The second-order valence-corrected chi connectivity index (χ2v) is 4.38. The lowest BCUT2D eigenvalue weighted by atomic mass is 10.1. The largest absolute Gasteiger partial charge is 0.484 e. The first-order valence-corrected chi connectivity index (χ1v) is 6.10. The Kier molecular flexibility index (Phi) is 4.34. The monoisotopic (exact) mass is 289 g/mol. The van der Waals surface area contributed by atoms with E-state index < -0.39 is 5.82 Å². The van der Waals surface area contributed by atoms with E-state index in [1.807, 2.05) is 0 Å². The van der Waals surface area contributed by atoms with Crippen LogP contribution in [-0.2, 0) is 0 Å². The van der Waals surface area contributed by atoms with Crippen molar-refractivity contribution in [1.29, 1.82) is 5.26 Å². The topological polar surface area (TPSA) is 50.1 Å². The van der Waals surface area contributed by atoms with E-state index in [1.165, 1.54) is 12.1 Å². The Morgan fingerprint density at radius 3 is 2.60 bits per heavy atom. The molecule has 0 heterocycles. The fourth-order valence-electron chi connectivity index (χ4n) is 1.60. The standard InChI is InChI=1S/C15H9ClFNO2/c16-11-6-4-10(5-7-11)14(19)9-20-15-3-1-2-13(17)12(15)8-18/h1-7H,9H2.